The number of rotatable bonds is 6. The molecule has 1 amide bonds. The van der Waals surface area contributed by atoms with Crippen molar-refractivity contribution in [1.82, 2.24) is 0 Å². The average molecular weight is 397 g/mol. The van der Waals surface area contributed by atoms with E-state index in [1.165, 1.54) is 39.3 Å². The number of alkyl halides is 3. The SMILES string of the molecule is COc1cc(OC)cc(C(=O)O[C@H](C)C(=O)Nc2cccc(C(F)(F)F)c2)c1. The number of methoxy groups -OCH3 is 2. The fraction of sp³-hybridized carbons (Fsp3) is 0.263. The van der Waals surface area contributed by atoms with Crippen molar-refractivity contribution >= 4 is 17.6 Å². The van der Waals surface area contributed by atoms with Gasteiger partial charge in [-0.1, -0.05) is 6.07 Å². The van der Waals surface area contributed by atoms with Crippen molar-refractivity contribution in [3.8, 4) is 11.5 Å². The van der Waals surface area contributed by atoms with E-state index in [9.17, 15) is 22.8 Å². The summed E-state index contributed by atoms with van der Waals surface area (Å²) in [5, 5.41) is 2.29. The Morgan fingerprint density at radius 1 is 1.00 bits per heavy atom. The van der Waals surface area contributed by atoms with Gasteiger partial charge < -0.3 is 19.5 Å². The van der Waals surface area contributed by atoms with E-state index >= 15 is 0 Å². The van der Waals surface area contributed by atoms with Gasteiger partial charge in [-0.05, 0) is 37.3 Å². The second kappa shape index (κ2) is 8.64. The van der Waals surface area contributed by atoms with Gasteiger partial charge in [0.2, 0.25) is 0 Å². The highest BCUT2D eigenvalue weighted by atomic mass is 19.4. The molecule has 0 spiro atoms. The highest BCUT2D eigenvalue weighted by molar-refractivity contribution is 5.97. The van der Waals surface area contributed by atoms with Gasteiger partial charge in [0.05, 0.1) is 25.3 Å². The Morgan fingerprint density at radius 3 is 2.14 bits per heavy atom. The molecule has 0 aliphatic heterocycles. The number of hydrogen-bond donors (Lipinski definition) is 1. The smallest absolute Gasteiger partial charge is 0.416 e. The number of esters is 1. The molecule has 0 saturated carbocycles. The summed E-state index contributed by atoms with van der Waals surface area (Å²) in [6.45, 7) is 1.30. The van der Waals surface area contributed by atoms with Crippen LogP contribution in [-0.2, 0) is 15.7 Å². The third kappa shape index (κ3) is 5.38. The number of amides is 1. The number of ether oxygens (including phenoxy) is 3. The van der Waals surface area contributed by atoms with Crippen LogP contribution < -0.4 is 14.8 Å². The monoisotopic (exact) mass is 397 g/mol. The summed E-state index contributed by atoms with van der Waals surface area (Å²) in [4.78, 5) is 24.4. The van der Waals surface area contributed by atoms with Crippen molar-refractivity contribution < 1.29 is 37.0 Å². The third-order valence-electron chi connectivity index (χ3n) is 3.70. The zero-order valence-corrected chi connectivity index (χ0v) is 15.3. The first-order chi connectivity index (χ1) is 13.1. The van der Waals surface area contributed by atoms with Crippen molar-refractivity contribution in [3.63, 3.8) is 0 Å². The second-order valence-corrected chi connectivity index (χ2v) is 5.72. The Bertz CT molecular complexity index is 845. The van der Waals surface area contributed by atoms with Crippen LogP contribution in [0.1, 0.15) is 22.8 Å². The summed E-state index contributed by atoms with van der Waals surface area (Å²) >= 11 is 0. The van der Waals surface area contributed by atoms with Crippen molar-refractivity contribution in [2.24, 2.45) is 0 Å². The van der Waals surface area contributed by atoms with Crippen LogP contribution in [0.4, 0.5) is 18.9 Å². The summed E-state index contributed by atoms with van der Waals surface area (Å²) in [6, 6.07) is 8.51. The van der Waals surface area contributed by atoms with Crippen LogP contribution in [0, 0.1) is 0 Å². The van der Waals surface area contributed by atoms with Crippen molar-refractivity contribution in [3.05, 3.63) is 53.6 Å². The molecule has 2 aromatic rings. The second-order valence-electron chi connectivity index (χ2n) is 5.72. The number of hydrogen-bond acceptors (Lipinski definition) is 5. The minimum Gasteiger partial charge on any atom is -0.497 e. The fourth-order valence-corrected chi connectivity index (χ4v) is 2.22. The fourth-order valence-electron chi connectivity index (χ4n) is 2.22. The van der Waals surface area contributed by atoms with Gasteiger partial charge in [0.15, 0.2) is 6.10 Å². The van der Waals surface area contributed by atoms with E-state index in [1.54, 1.807) is 6.07 Å². The van der Waals surface area contributed by atoms with Crippen LogP contribution in [0.5, 0.6) is 11.5 Å². The van der Waals surface area contributed by atoms with Gasteiger partial charge in [0, 0.05) is 11.8 Å². The predicted octanol–water partition coefficient (Wildman–Crippen LogP) is 3.91. The first-order valence-corrected chi connectivity index (χ1v) is 8.06. The lowest BCUT2D eigenvalue weighted by atomic mass is 10.2. The zero-order valence-electron chi connectivity index (χ0n) is 15.3. The maximum atomic E-state index is 12.7. The predicted molar refractivity (Wildman–Crippen MR) is 94.5 cm³/mol. The lowest BCUT2D eigenvalue weighted by Gasteiger charge is -2.15. The summed E-state index contributed by atoms with van der Waals surface area (Å²) in [5.74, 6) is -0.883. The molecule has 0 aliphatic carbocycles. The van der Waals surface area contributed by atoms with E-state index in [1.807, 2.05) is 0 Å². The van der Waals surface area contributed by atoms with Crippen LogP contribution in [0.25, 0.3) is 0 Å². The maximum absolute atomic E-state index is 12.7. The molecule has 0 unspecified atom stereocenters. The molecule has 0 aromatic heterocycles. The number of carbonyl (C=O) groups is 2. The lowest BCUT2D eigenvalue weighted by Crippen LogP contribution is -2.30. The van der Waals surface area contributed by atoms with Crippen molar-refractivity contribution in [1.29, 1.82) is 0 Å². The van der Waals surface area contributed by atoms with Gasteiger partial charge in [-0.25, -0.2) is 4.79 Å². The Labute approximate surface area is 159 Å². The number of anilines is 1. The summed E-state index contributed by atoms with van der Waals surface area (Å²) < 4.78 is 53.4. The van der Waals surface area contributed by atoms with E-state index in [0.29, 0.717) is 11.5 Å². The highest BCUT2D eigenvalue weighted by Crippen LogP contribution is 2.30. The van der Waals surface area contributed by atoms with E-state index in [4.69, 9.17) is 14.2 Å². The maximum Gasteiger partial charge on any atom is 0.416 e. The molecule has 0 bridgehead atoms. The molecule has 150 valence electrons. The molecule has 2 rings (SSSR count). The molecule has 2 aromatic carbocycles. The topological polar surface area (TPSA) is 73.9 Å². The summed E-state index contributed by atoms with van der Waals surface area (Å²) in [6.07, 6.45) is -5.79. The molecule has 9 heteroatoms. The van der Waals surface area contributed by atoms with Crippen LogP contribution in [0.3, 0.4) is 0 Å². The van der Waals surface area contributed by atoms with Gasteiger partial charge in [-0.2, -0.15) is 13.2 Å². The van der Waals surface area contributed by atoms with Gasteiger partial charge in [-0.15, -0.1) is 0 Å². The zero-order chi connectivity index (χ0) is 20.9. The normalized spacial score (nSPS) is 12.1. The highest BCUT2D eigenvalue weighted by Gasteiger charge is 2.30. The first kappa shape index (κ1) is 21.1. The van der Waals surface area contributed by atoms with Crippen LogP contribution in [0.2, 0.25) is 0 Å². The Kier molecular flexibility index (Phi) is 6.50. The number of benzene rings is 2. The Morgan fingerprint density at radius 2 is 1.61 bits per heavy atom. The van der Waals surface area contributed by atoms with E-state index in [0.717, 1.165) is 18.2 Å². The molecule has 6 nitrogen and oxygen atoms in total. The molecule has 0 fully saturated rings. The molecular weight excluding hydrogens is 379 g/mol. The number of nitrogens with one attached hydrogen (secondary N) is 1. The number of halogens is 3. The standard InChI is InChI=1S/C19H18F3NO5/c1-11(17(24)23-14-6-4-5-13(9-14)19(20,21)22)28-18(25)12-7-15(26-2)10-16(8-12)27-3/h4-11H,1-3H3,(H,23,24)/t11-/m1/s1. The molecule has 0 heterocycles. The molecule has 1 atom stereocenters. The lowest BCUT2D eigenvalue weighted by molar-refractivity contribution is -0.137. The van der Waals surface area contributed by atoms with E-state index in [-0.39, 0.29) is 11.3 Å². The molecule has 0 saturated heterocycles. The quantitative estimate of drug-likeness (QED) is 0.749. The average Bonchev–Trinajstić information content (AvgIpc) is 2.66. The third-order valence-corrected chi connectivity index (χ3v) is 3.70. The van der Waals surface area contributed by atoms with Gasteiger partial charge in [0.1, 0.15) is 11.5 Å². The first-order valence-electron chi connectivity index (χ1n) is 8.06. The molecule has 0 radical (unpaired) electrons. The molecular formula is C19H18F3NO5. The molecule has 28 heavy (non-hydrogen) atoms. The summed E-state index contributed by atoms with van der Waals surface area (Å²) in [7, 11) is 2.82. The Hall–Kier alpha value is -3.23. The Balaban J connectivity index is 2.07. The molecule has 1 N–H and O–H groups in total. The van der Waals surface area contributed by atoms with Crippen LogP contribution >= 0.6 is 0 Å². The van der Waals surface area contributed by atoms with Gasteiger partial charge >= 0.3 is 12.1 Å². The number of carbonyl (C=O) groups excluding carboxylic acids is 2. The van der Waals surface area contributed by atoms with Gasteiger partial charge in [0.25, 0.3) is 5.91 Å². The summed E-state index contributed by atoms with van der Waals surface area (Å²) in [5.41, 5.74) is -0.876. The van der Waals surface area contributed by atoms with E-state index in [2.05, 4.69) is 5.32 Å². The molecule has 0 aliphatic rings. The minimum absolute atomic E-state index is 0.0641. The van der Waals surface area contributed by atoms with Crippen molar-refractivity contribution in [2.75, 3.05) is 19.5 Å². The van der Waals surface area contributed by atoms with Crippen molar-refractivity contribution in [2.45, 2.75) is 19.2 Å². The van der Waals surface area contributed by atoms with Crippen LogP contribution in [0.15, 0.2) is 42.5 Å². The van der Waals surface area contributed by atoms with E-state index < -0.39 is 29.7 Å². The minimum atomic E-state index is -4.54. The van der Waals surface area contributed by atoms with Crippen LogP contribution in [-0.4, -0.2) is 32.2 Å². The van der Waals surface area contributed by atoms with Gasteiger partial charge in [-0.3, -0.25) is 4.79 Å². The largest absolute Gasteiger partial charge is 0.497 e.